The molecule has 0 radical (unpaired) electrons. The standard InChI is InChI=1S/C11H9ClF6N2O3S/c1-6-2-4-7(5-3-6)24(22,23)20-19-8(21)9(12,10(13,14)15)11(16,17)18/h2-5,20H,1H3,(H,19,21). The van der Waals surface area contributed by atoms with Crippen LogP contribution in [-0.2, 0) is 14.8 Å². The second kappa shape index (κ2) is 6.41. The number of carbonyl (C=O) groups excluding carboxylic acids is 1. The molecule has 136 valence electrons. The highest BCUT2D eigenvalue weighted by atomic mass is 35.5. The van der Waals surface area contributed by atoms with Crippen LogP contribution in [0.2, 0.25) is 0 Å². The van der Waals surface area contributed by atoms with Crippen molar-refractivity contribution in [3.63, 3.8) is 0 Å². The number of nitrogens with one attached hydrogen (secondary N) is 2. The summed E-state index contributed by atoms with van der Waals surface area (Å²) < 4.78 is 98.8. The molecule has 0 fully saturated rings. The fourth-order valence-electron chi connectivity index (χ4n) is 1.39. The van der Waals surface area contributed by atoms with Crippen LogP contribution in [0, 0.1) is 6.92 Å². The minimum absolute atomic E-state index is 0.493. The smallest absolute Gasteiger partial charge is 0.275 e. The van der Waals surface area contributed by atoms with Crippen LogP contribution in [0.3, 0.4) is 0 Å². The van der Waals surface area contributed by atoms with Gasteiger partial charge in [-0.25, -0.2) is 8.42 Å². The Hall–Kier alpha value is -1.53. The van der Waals surface area contributed by atoms with Crippen molar-refractivity contribution in [2.45, 2.75) is 29.0 Å². The first-order valence-electron chi connectivity index (χ1n) is 5.84. The predicted molar refractivity (Wildman–Crippen MR) is 70.3 cm³/mol. The van der Waals surface area contributed by atoms with Crippen molar-refractivity contribution in [1.29, 1.82) is 0 Å². The number of halogens is 7. The number of aryl methyl sites for hydroxylation is 1. The highest BCUT2D eigenvalue weighted by molar-refractivity contribution is 7.89. The summed E-state index contributed by atoms with van der Waals surface area (Å²) in [5.41, 5.74) is 1.49. The number of hydrazine groups is 1. The number of hydrogen-bond acceptors (Lipinski definition) is 3. The molecule has 0 aliphatic heterocycles. The molecule has 0 saturated heterocycles. The van der Waals surface area contributed by atoms with Crippen LogP contribution < -0.4 is 10.3 Å². The molecule has 0 bridgehead atoms. The SMILES string of the molecule is Cc1ccc(S(=O)(=O)NNC(=O)C(Cl)(C(F)(F)F)C(F)(F)F)cc1. The van der Waals surface area contributed by atoms with Crippen molar-refractivity contribution in [1.82, 2.24) is 10.3 Å². The van der Waals surface area contributed by atoms with Crippen molar-refractivity contribution < 1.29 is 39.6 Å². The summed E-state index contributed by atoms with van der Waals surface area (Å²) in [6, 6.07) is 4.72. The molecule has 0 aromatic heterocycles. The molecule has 1 amide bonds. The van der Waals surface area contributed by atoms with E-state index in [-0.39, 0.29) is 0 Å². The number of hydrogen-bond donors (Lipinski definition) is 2. The maximum absolute atomic E-state index is 12.5. The molecule has 1 aromatic carbocycles. The summed E-state index contributed by atoms with van der Waals surface area (Å²) in [5.74, 6) is -2.83. The van der Waals surface area contributed by atoms with Gasteiger partial charge in [0.25, 0.3) is 15.9 Å². The Morgan fingerprint density at radius 1 is 1.00 bits per heavy atom. The van der Waals surface area contributed by atoms with Crippen molar-refractivity contribution in [3.8, 4) is 0 Å². The zero-order valence-electron chi connectivity index (χ0n) is 11.6. The maximum atomic E-state index is 12.5. The number of rotatable bonds is 4. The molecular formula is C11H9ClF6N2O3S. The van der Waals surface area contributed by atoms with Gasteiger partial charge in [0.1, 0.15) is 0 Å². The highest BCUT2D eigenvalue weighted by Crippen LogP contribution is 2.48. The Kier molecular flexibility index (Phi) is 5.48. The molecule has 0 saturated carbocycles. The summed E-state index contributed by atoms with van der Waals surface area (Å²) in [6.07, 6.45) is -12.4. The van der Waals surface area contributed by atoms with E-state index in [1.165, 1.54) is 12.1 Å². The van der Waals surface area contributed by atoms with E-state index in [0.29, 0.717) is 5.56 Å². The van der Waals surface area contributed by atoms with Gasteiger partial charge in [0, 0.05) is 0 Å². The first-order chi connectivity index (χ1) is 10.6. The first-order valence-corrected chi connectivity index (χ1v) is 7.70. The highest BCUT2D eigenvalue weighted by Gasteiger charge is 2.75. The fraction of sp³-hybridized carbons (Fsp3) is 0.364. The summed E-state index contributed by atoms with van der Waals surface area (Å²) >= 11 is 4.44. The van der Waals surface area contributed by atoms with Gasteiger partial charge in [-0.1, -0.05) is 29.3 Å². The maximum Gasteiger partial charge on any atom is 0.425 e. The lowest BCUT2D eigenvalue weighted by Crippen LogP contribution is -2.64. The molecule has 0 unspecified atom stereocenters. The number of benzene rings is 1. The van der Waals surface area contributed by atoms with Crippen LogP contribution in [0.15, 0.2) is 29.2 Å². The van der Waals surface area contributed by atoms with Gasteiger partial charge in [-0.2, -0.15) is 26.3 Å². The quantitative estimate of drug-likeness (QED) is 0.464. The van der Waals surface area contributed by atoms with Gasteiger partial charge in [0.2, 0.25) is 0 Å². The van der Waals surface area contributed by atoms with Crippen LogP contribution in [0.1, 0.15) is 5.56 Å². The summed E-state index contributed by atoms with van der Waals surface area (Å²) in [4.78, 5) is 6.61. The average molecular weight is 399 g/mol. The Labute approximate surface area is 137 Å². The lowest BCUT2D eigenvalue weighted by molar-refractivity contribution is -0.260. The summed E-state index contributed by atoms with van der Waals surface area (Å²) in [6.45, 7) is 1.61. The number of amides is 1. The van der Waals surface area contributed by atoms with E-state index in [2.05, 4.69) is 11.6 Å². The van der Waals surface area contributed by atoms with Crippen molar-refractivity contribution in [2.24, 2.45) is 0 Å². The normalized spacial score (nSPS) is 13.7. The Morgan fingerprint density at radius 3 is 1.79 bits per heavy atom. The molecule has 0 aliphatic rings. The molecule has 0 aliphatic carbocycles. The van der Waals surface area contributed by atoms with E-state index >= 15 is 0 Å². The molecule has 2 N–H and O–H groups in total. The summed E-state index contributed by atoms with van der Waals surface area (Å²) in [5, 5.41) is 0. The molecule has 0 spiro atoms. The zero-order valence-corrected chi connectivity index (χ0v) is 13.2. The number of sulfonamides is 1. The third-order valence-corrected chi connectivity index (χ3v) is 4.59. The second-order valence-corrected chi connectivity index (χ2v) is 6.78. The molecule has 5 nitrogen and oxygen atoms in total. The predicted octanol–water partition coefficient (Wildman–Crippen LogP) is 2.41. The minimum Gasteiger partial charge on any atom is -0.275 e. The average Bonchev–Trinajstić information content (AvgIpc) is 2.42. The van der Waals surface area contributed by atoms with Gasteiger partial charge in [-0.15, -0.1) is 4.83 Å². The molecule has 13 heteroatoms. The molecule has 1 aromatic rings. The van der Waals surface area contributed by atoms with Crippen molar-refractivity contribution in [3.05, 3.63) is 29.8 Å². The third kappa shape index (κ3) is 3.92. The minimum atomic E-state index is -6.22. The van der Waals surface area contributed by atoms with E-state index in [1.807, 2.05) is 0 Å². The molecule has 0 atom stereocenters. The van der Waals surface area contributed by atoms with Crippen LogP contribution in [-0.4, -0.2) is 31.6 Å². The van der Waals surface area contributed by atoms with Crippen molar-refractivity contribution in [2.75, 3.05) is 0 Å². The zero-order chi connectivity index (χ0) is 19.0. The van der Waals surface area contributed by atoms with E-state index in [1.54, 1.807) is 6.92 Å². The summed E-state index contributed by atoms with van der Waals surface area (Å²) in [7, 11) is -4.60. The lowest BCUT2D eigenvalue weighted by atomic mass is 10.1. The van der Waals surface area contributed by atoms with E-state index in [0.717, 1.165) is 22.4 Å². The molecular weight excluding hydrogens is 390 g/mol. The van der Waals surface area contributed by atoms with Gasteiger partial charge in [0.15, 0.2) is 0 Å². The van der Waals surface area contributed by atoms with Crippen LogP contribution in [0.25, 0.3) is 0 Å². The topological polar surface area (TPSA) is 75.3 Å². The van der Waals surface area contributed by atoms with Gasteiger partial charge < -0.3 is 0 Å². The lowest BCUT2D eigenvalue weighted by Gasteiger charge is -2.29. The largest absolute Gasteiger partial charge is 0.425 e. The Bertz CT molecular complexity index is 701. The Balaban J connectivity index is 3.04. The van der Waals surface area contributed by atoms with Crippen LogP contribution >= 0.6 is 11.6 Å². The number of carbonyl (C=O) groups is 1. The van der Waals surface area contributed by atoms with Gasteiger partial charge in [-0.05, 0) is 19.1 Å². The third-order valence-electron chi connectivity index (χ3n) is 2.72. The molecule has 24 heavy (non-hydrogen) atoms. The van der Waals surface area contributed by atoms with E-state index < -0.39 is 38.1 Å². The van der Waals surface area contributed by atoms with E-state index in [9.17, 15) is 39.6 Å². The first kappa shape index (κ1) is 20.5. The van der Waals surface area contributed by atoms with E-state index in [4.69, 9.17) is 0 Å². The van der Waals surface area contributed by atoms with Gasteiger partial charge >= 0.3 is 17.2 Å². The monoisotopic (exact) mass is 398 g/mol. The fourth-order valence-corrected chi connectivity index (χ4v) is 2.28. The number of alkyl halides is 7. The van der Waals surface area contributed by atoms with Gasteiger partial charge in [-0.3, -0.25) is 10.2 Å². The van der Waals surface area contributed by atoms with Crippen LogP contribution in [0.5, 0.6) is 0 Å². The second-order valence-electron chi connectivity index (χ2n) is 4.53. The van der Waals surface area contributed by atoms with Crippen LogP contribution in [0.4, 0.5) is 26.3 Å². The van der Waals surface area contributed by atoms with Crippen molar-refractivity contribution >= 4 is 27.5 Å². The van der Waals surface area contributed by atoms with Gasteiger partial charge in [0.05, 0.1) is 4.90 Å². The molecule has 1 rings (SSSR count). The molecule has 0 heterocycles. The Morgan fingerprint density at radius 2 is 1.42 bits per heavy atom.